The molecule has 2 rings (SSSR count). The Morgan fingerprint density at radius 1 is 1.17 bits per heavy atom. The van der Waals surface area contributed by atoms with Gasteiger partial charge in [0, 0.05) is 29.4 Å². The lowest BCUT2D eigenvalue weighted by molar-refractivity contribution is -0.206. The summed E-state index contributed by atoms with van der Waals surface area (Å²) in [7, 11) is 0. The summed E-state index contributed by atoms with van der Waals surface area (Å²) in [4.78, 5) is 50.5. The molecule has 9 nitrogen and oxygen atoms in total. The van der Waals surface area contributed by atoms with E-state index < -0.39 is 63.8 Å². The first-order valence-corrected chi connectivity index (χ1v) is 12.4. The summed E-state index contributed by atoms with van der Waals surface area (Å²) in [6, 6.07) is 0. The molecular formula is C27H40O9. The van der Waals surface area contributed by atoms with Gasteiger partial charge in [-0.05, 0) is 57.8 Å². The number of hydrogen-bond donors (Lipinski definition) is 4. The smallest absolute Gasteiger partial charge is 0.328 e. The lowest BCUT2D eigenvalue weighted by Crippen LogP contribution is -2.69. The Bertz CT molecular complexity index is 945. The van der Waals surface area contributed by atoms with Crippen LogP contribution in [-0.4, -0.2) is 61.7 Å². The molecule has 2 aliphatic rings. The molecule has 0 saturated heterocycles. The number of hydrogen-bond acceptors (Lipinski definition) is 8. The van der Waals surface area contributed by atoms with Crippen LogP contribution in [0.5, 0.6) is 0 Å². The van der Waals surface area contributed by atoms with Crippen molar-refractivity contribution in [3.63, 3.8) is 0 Å². The predicted molar refractivity (Wildman–Crippen MR) is 131 cm³/mol. The van der Waals surface area contributed by atoms with Gasteiger partial charge in [0.05, 0.1) is 24.9 Å². The molecule has 9 heteroatoms. The summed E-state index contributed by atoms with van der Waals surface area (Å²) in [6.07, 6.45) is 3.21. The number of carbonyl (C=O) groups is 4. The first-order valence-electron chi connectivity index (χ1n) is 12.4. The second-order valence-corrected chi connectivity index (χ2v) is 11.3. The summed E-state index contributed by atoms with van der Waals surface area (Å²) < 4.78 is 5.44. The Kier molecular flexibility index (Phi) is 8.95. The van der Waals surface area contributed by atoms with Crippen LogP contribution in [0.4, 0.5) is 0 Å². The third-order valence-electron chi connectivity index (χ3n) is 8.25. The molecular weight excluding hydrogens is 468 g/mol. The van der Waals surface area contributed by atoms with Crippen LogP contribution in [-0.2, 0) is 23.9 Å². The number of carboxylic acid groups (broad SMARTS) is 1. The SMILES string of the molecule is CC[C@@H](COC(=O)C/C(C)=C/C(=O)O)C1[C@](C)(C(=O)/C=C\O)[C@@H]2C(C[C@](C)(O)C[C@H]2C)C(=O)[C@@]1(C)O. The first-order chi connectivity index (χ1) is 16.5. The lowest BCUT2D eigenvalue weighted by atomic mass is 9.42. The van der Waals surface area contributed by atoms with Gasteiger partial charge in [-0.1, -0.05) is 26.3 Å². The molecule has 2 unspecified atom stereocenters. The normalized spacial score (nSPS) is 37.9. The Morgan fingerprint density at radius 2 is 1.78 bits per heavy atom. The second-order valence-electron chi connectivity index (χ2n) is 11.3. The zero-order valence-corrected chi connectivity index (χ0v) is 22.0. The van der Waals surface area contributed by atoms with Crippen molar-refractivity contribution in [2.75, 3.05) is 6.61 Å². The molecule has 36 heavy (non-hydrogen) atoms. The van der Waals surface area contributed by atoms with Crippen molar-refractivity contribution in [3.8, 4) is 0 Å². The second kappa shape index (κ2) is 10.8. The maximum Gasteiger partial charge on any atom is 0.328 e. The minimum atomic E-state index is -1.96. The Hall–Kier alpha value is -2.52. The number of carboxylic acids is 1. The number of aliphatic hydroxyl groups is 3. The summed E-state index contributed by atoms with van der Waals surface area (Å²) in [6.45, 7) is 9.72. The highest BCUT2D eigenvalue weighted by molar-refractivity contribution is 6.00. The van der Waals surface area contributed by atoms with Crippen molar-refractivity contribution in [1.29, 1.82) is 0 Å². The van der Waals surface area contributed by atoms with Crippen LogP contribution in [0.3, 0.4) is 0 Å². The van der Waals surface area contributed by atoms with Gasteiger partial charge in [0.2, 0.25) is 0 Å². The highest BCUT2D eigenvalue weighted by atomic mass is 16.5. The van der Waals surface area contributed by atoms with Crippen LogP contribution < -0.4 is 0 Å². The number of ether oxygens (including phenoxy) is 1. The minimum Gasteiger partial charge on any atom is -0.515 e. The molecule has 2 aliphatic carbocycles. The van der Waals surface area contributed by atoms with Crippen molar-refractivity contribution < 1.29 is 44.3 Å². The fraction of sp³-hybridized carbons (Fsp3) is 0.704. The van der Waals surface area contributed by atoms with E-state index in [9.17, 15) is 34.5 Å². The van der Waals surface area contributed by atoms with E-state index in [1.54, 1.807) is 13.8 Å². The van der Waals surface area contributed by atoms with Crippen LogP contribution in [0.15, 0.2) is 24.0 Å². The van der Waals surface area contributed by atoms with Gasteiger partial charge in [-0.25, -0.2) is 4.79 Å². The average Bonchev–Trinajstić information content (AvgIpc) is 2.72. The van der Waals surface area contributed by atoms with Gasteiger partial charge in [0.15, 0.2) is 11.6 Å². The zero-order valence-electron chi connectivity index (χ0n) is 22.0. The summed E-state index contributed by atoms with van der Waals surface area (Å²) in [5.74, 6) is -5.78. The van der Waals surface area contributed by atoms with Crippen molar-refractivity contribution in [2.24, 2.45) is 35.0 Å². The van der Waals surface area contributed by atoms with Gasteiger partial charge < -0.3 is 25.2 Å². The molecule has 0 aromatic heterocycles. The standard InChI is InChI=1S/C27H40O9/c1-7-17(14-36-21(32)11-15(2)10-20(30)31)23-26(5,19(29)8-9-28)22-16(3)12-25(4,34)13-18(22)24(33)27(23,6)35/h8-10,16-18,22-23,28,34-35H,7,11-14H2,1-6H3,(H,30,31)/b9-8-,15-10+/t16-,17+,18?,22+,23?,25-,26-,27+/m1/s1. The topological polar surface area (TPSA) is 158 Å². The Labute approximate surface area is 212 Å². The van der Waals surface area contributed by atoms with E-state index in [0.29, 0.717) is 24.7 Å². The van der Waals surface area contributed by atoms with Crippen LogP contribution in [0.2, 0.25) is 0 Å². The van der Waals surface area contributed by atoms with Gasteiger partial charge in [-0.15, -0.1) is 0 Å². The number of aliphatic hydroxyl groups excluding tert-OH is 1. The van der Waals surface area contributed by atoms with E-state index in [1.165, 1.54) is 13.8 Å². The Balaban J connectivity index is 2.51. The molecule has 0 aliphatic heterocycles. The van der Waals surface area contributed by atoms with Crippen LogP contribution in [0, 0.1) is 35.0 Å². The molecule has 0 amide bonds. The molecule has 8 atom stereocenters. The maximum absolute atomic E-state index is 13.7. The average molecular weight is 509 g/mol. The van der Waals surface area contributed by atoms with Gasteiger partial charge in [-0.3, -0.25) is 14.4 Å². The van der Waals surface area contributed by atoms with E-state index >= 15 is 0 Å². The molecule has 2 fully saturated rings. The predicted octanol–water partition coefficient (Wildman–Crippen LogP) is 2.99. The van der Waals surface area contributed by atoms with Gasteiger partial charge >= 0.3 is 11.9 Å². The lowest BCUT2D eigenvalue weighted by Gasteiger charge is -2.61. The zero-order chi connectivity index (χ0) is 27.6. The number of fused-ring (bicyclic) bond motifs is 1. The van der Waals surface area contributed by atoms with E-state index in [4.69, 9.17) is 9.84 Å². The van der Waals surface area contributed by atoms with Gasteiger partial charge in [0.25, 0.3) is 0 Å². The van der Waals surface area contributed by atoms with E-state index in [0.717, 1.165) is 12.2 Å². The van der Waals surface area contributed by atoms with E-state index in [1.807, 2.05) is 13.8 Å². The highest BCUT2D eigenvalue weighted by Gasteiger charge is 2.68. The quantitative estimate of drug-likeness (QED) is 0.209. The van der Waals surface area contributed by atoms with Crippen LogP contribution >= 0.6 is 0 Å². The number of Topliss-reactive ketones (excluding diaryl/α,β-unsaturated/α-hetero) is 1. The highest BCUT2D eigenvalue weighted by Crippen LogP contribution is 2.61. The number of aliphatic carboxylic acids is 1. The largest absolute Gasteiger partial charge is 0.515 e. The van der Waals surface area contributed by atoms with E-state index in [-0.39, 0.29) is 25.4 Å². The number of rotatable bonds is 9. The van der Waals surface area contributed by atoms with Crippen molar-refractivity contribution in [3.05, 3.63) is 24.0 Å². The third-order valence-corrected chi connectivity index (χ3v) is 8.25. The molecule has 2 saturated carbocycles. The maximum atomic E-state index is 13.7. The Morgan fingerprint density at radius 3 is 2.31 bits per heavy atom. The third kappa shape index (κ3) is 5.72. The molecule has 202 valence electrons. The summed E-state index contributed by atoms with van der Waals surface area (Å²) in [5, 5.41) is 40.8. The number of carbonyl (C=O) groups excluding carboxylic acids is 3. The van der Waals surface area contributed by atoms with Crippen molar-refractivity contribution in [1.82, 2.24) is 0 Å². The molecule has 0 aromatic rings. The summed E-state index contributed by atoms with van der Waals surface area (Å²) in [5.41, 5.74) is -4.09. The molecule has 0 bridgehead atoms. The molecule has 0 heterocycles. The summed E-state index contributed by atoms with van der Waals surface area (Å²) >= 11 is 0. The molecule has 0 aromatic carbocycles. The first kappa shape index (κ1) is 29.7. The minimum absolute atomic E-state index is 0.108. The molecule has 0 radical (unpaired) electrons. The van der Waals surface area contributed by atoms with Crippen LogP contribution in [0.25, 0.3) is 0 Å². The number of allylic oxidation sites excluding steroid dienone is 1. The van der Waals surface area contributed by atoms with E-state index in [2.05, 4.69) is 0 Å². The fourth-order valence-corrected chi connectivity index (χ4v) is 7.19. The number of ketones is 2. The van der Waals surface area contributed by atoms with Crippen molar-refractivity contribution in [2.45, 2.75) is 78.4 Å². The van der Waals surface area contributed by atoms with Gasteiger partial charge in [-0.2, -0.15) is 0 Å². The monoisotopic (exact) mass is 508 g/mol. The molecule has 0 spiro atoms. The van der Waals surface area contributed by atoms with Crippen LogP contribution in [0.1, 0.15) is 67.2 Å². The van der Waals surface area contributed by atoms with Crippen molar-refractivity contribution >= 4 is 23.5 Å². The molecule has 4 N–H and O–H groups in total. The number of esters is 1. The fourth-order valence-electron chi connectivity index (χ4n) is 7.19. The van der Waals surface area contributed by atoms with Gasteiger partial charge in [0.1, 0.15) is 5.60 Å².